The van der Waals surface area contributed by atoms with Gasteiger partial charge in [0, 0.05) is 36.0 Å². The standard InChI is InChI=1S/C23H25BrN4O2/c1-2-30-23(29)19-13-17(24)14-21(22(19)28-11-9-25-10-12-28)26-15-18-8-7-16-5-3-4-6-20(16)27-18/h3-8,13-14,25-26H,2,9-12,15H2,1H3. The van der Waals surface area contributed by atoms with Crippen LogP contribution in [0.1, 0.15) is 23.0 Å². The molecular formula is C23H25BrN4O2. The first-order chi connectivity index (χ1) is 14.7. The minimum atomic E-state index is -0.306. The van der Waals surface area contributed by atoms with Crippen LogP contribution in [0, 0.1) is 0 Å². The maximum absolute atomic E-state index is 12.7. The van der Waals surface area contributed by atoms with E-state index in [-0.39, 0.29) is 5.97 Å². The Bertz CT molecular complexity index is 1050. The van der Waals surface area contributed by atoms with Crippen molar-refractivity contribution in [2.45, 2.75) is 13.5 Å². The van der Waals surface area contributed by atoms with Crippen molar-refractivity contribution in [1.29, 1.82) is 0 Å². The van der Waals surface area contributed by atoms with Crippen LogP contribution in [-0.4, -0.2) is 43.7 Å². The zero-order chi connectivity index (χ0) is 20.9. The highest BCUT2D eigenvalue weighted by molar-refractivity contribution is 9.10. The summed E-state index contributed by atoms with van der Waals surface area (Å²) in [6.07, 6.45) is 0. The Kier molecular flexibility index (Phi) is 6.50. The van der Waals surface area contributed by atoms with E-state index in [1.807, 2.05) is 43.3 Å². The van der Waals surface area contributed by atoms with Gasteiger partial charge in [-0.25, -0.2) is 4.79 Å². The van der Waals surface area contributed by atoms with Crippen LogP contribution < -0.4 is 15.5 Å². The number of carbonyl (C=O) groups is 1. The number of nitrogens with zero attached hydrogens (tertiary/aromatic N) is 2. The molecule has 30 heavy (non-hydrogen) atoms. The van der Waals surface area contributed by atoms with Gasteiger partial charge in [0.25, 0.3) is 0 Å². The lowest BCUT2D eigenvalue weighted by Gasteiger charge is -2.32. The van der Waals surface area contributed by atoms with Gasteiger partial charge in [0.2, 0.25) is 0 Å². The fourth-order valence-corrected chi connectivity index (χ4v) is 4.18. The first-order valence-corrected chi connectivity index (χ1v) is 11.0. The number of benzene rings is 2. The average molecular weight is 469 g/mol. The molecule has 0 aliphatic carbocycles. The van der Waals surface area contributed by atoms with Gasteiger partial charge in [-0.3, -0.25) is 4.98 Å². The Morgan fingerprint density at radius 1 is 1.20 bits per heavy atom. The van der Waals surface area contributed by atoms with Crippen molar-refractivity contribution < 1.29 is 9.53 Å². The minimum Gasteiger partial charge on any atom is -0.462 e. The topological polar surface area (TPSA) is 66.5 Å². The van der Waals surface area contributed by atoms with E-state index in [4.69, 9.17) is 9.72 Å². The molecule has 0 spiro atoms. The monoisotopic (exact) mass is 468 g/mol. The van der Waals surface area contributed by atoms with Crippen LogP contribution in [0.5, 0.6) is 0 Å². The average Bonchev–Trinajstić information content (AvgIpc) is 2.78. The summed E-state index contributed by atoms with van der Waals surface area (Å²) in [5.41, 5.74) is 4.27. The molecule has 0 bridgehead atoms. The quantitative estimate of drug-likeness (QED) is 0.528. The van der Waals surface area contributed by atoms with Crippen molar-refractivity contribution in [3.63, 3.8) is 0 Å². The van der Waals surface area contributed by atoms with E-state index in [2.05, 4.69) is 43.6 Å². The fourth-order valence-electron chi connectivity index (χ4n) is 3.72. The van der Waals surface area contributed by atoms with Gasteiger partial charge in [0.15, 0.2) is 0 Å². The molecule has 2 aromatic carbocycles. The molecule has 1 aliphatic heterocycles. The third-order valence-corrected chi connectivity index (χ3v) is 5.58. The number of halogens is 1. The lowest BCUT2D eigenvalue weighted by molar-refractivity contribution is 0.0527. The number of anilines is 2. The van der Waals surface area contributed by atoms with Crippen LogP contribution in [0.3, 0.4) is 0 Å². The van der Waals surface area contributed by atoms with E-state index < -0.39 is 0 Å². The number of pyridine rings is 1. The summed E-state index contributed by atoms with van der Waals surface area (Å²) < 4.78 is 6.17. The van der Waals surface area contributed by atoms with Gasteiger partial charge >= 0.3 is 5.97 Å². The van der Waals surface area contributed by atoms with E-state index in [1.165, 1.54) is 0 Å². The highest BCUT2D eigenvalue weighted by atomic mass is 79.9. The normalized spacial score (nSPS) is 14.0. The first kappa shape index (κ1) is 20.6. The minimum absolute atomic E-state index is 0.306. The highest BCUT2D eigenvalue weighted by Gasteiger charge is 2.23. The first-order valence-electron chi connectivity index (χ1n) is 10.2. The molecule has 2 N–H and O–H groups in total. The summed E-state index contributed by atoms with van der Waals surface area (Å²) in [6, 6.07) is 16.1. The van der Waals surface area contributed by atoms with Crippen LogP contribution in [0.2, 0.25) is 0 Å². The summed E-state index contributed by atoms with van der Waals surface area (Å²) in [5.74, 6) is -0.306. The van der Waals surface area contributed by atoms with Gasteiger partial charge in [-0.2, -0.15) is 0 Å². The SMILES string of the molecule is CCOC(=O)c1cc(Br)cc(NCc2ccc3ccccc3n2)c1N1CCNCC1. The van der Waals surface area contributed by atoms with Gasteiger partial charge in [-0.05, 0) is 31.2 Å². The van der Waals surface area contributed by atoms with E-state index >= 15 is 0 Å². The molecule has 0 radical (unpaired) electrons. The maximum Gasteiger partial charge on any atom is 0.340 e. The molecule has 1 aromatic heterocycles. The molecular weight excluding hydrogens is 444 g/mol. The van der Waals surface area contributed by atoms with Crippen LogP contribution in [0.15, 0.2) is 53.0 Å². The number of nitrogens with one attached hydrogen (secondary N) is 2. The van der Waals surface area contributed by atoms with Crippen LogP contribution >= 0.6 is 15.9 Å². The van der Waals surface area contributed by atoms with E-state index in [1.54, 1.807) is 0 Å². The fraction of sp³-hybridized carbons (Fsp3) is 0.304. The van der Waals surface area contributed by atoms with E-state index in [0.717, 1.165) is 58.6 Å². The van der Waals surface area contributed by atoms with Gasteiger partial charge in [-0.15, -0.1) is 0 Å². The second-order valence-corrected chi connectivity index (χ2v) is 8.07. The predicted octanol–water partition coefficient (Wildman–Crippen LogP) is 4.20. The Hall–Kier alpha value is -2.64. The van der Waals surface area contributed by atoms with Crippen molar-refractivity contribution >= 4 is 44.2 Å². The van der Waals surface area contributed by atoms with Crippen LogP contribution in [-0.2, 0) is 11.3 Å². The second kappa shape index (κ2) is 9.45. The molecule has 0 amide bonds. The number of fused-ring (bicyclic) bond motifs is 1. The molecule has 4 rings (SSSR count). The molecule has 1 aliphatic rings. The van der Waals surface area contributed by atoms with Crippen molar-refractivity contribution in [3.05, 3.63) is 64.3 Å². The van der Waals surface area contributed by atoms with Crippen LogP contribution in [0.25, 0.3) is 10.9 Å². The third-order valence-electron chi connectivity index (χ3n) is 5.12. The number of aromatic nitrogens is 1. The van der Waals surface area contributed by atoms with Crippen molar-refractivity contribution in [3.8, 4) is 0 Å². The molecule has 0 atom stereocenters. The molecule has 1 saturated heterocycles. The van der Waals surface area contributed by atoms with Gasteiger partial charge in [0.1, 0.15) is 0 Å². The van der Waals surface area contributed by atoms with Crippen LogP contribution in [0.4, 0.5) is 11.4 Å². The Labute approximate surface area is 184 Å². The number of hydrogen-bond donors (Lipinski definition) is 2. The third kappa shape index (κ3) is 4.57. The number of para-hydroxylation sites is 1. The molecule has 6 nitrogen and oxygen atoms in total. The smallest absolute Gasteiger partial charge is 0.340 e. The summed E-state index contributed by atoms with van der Waals surface area (Å²) in [5, 5.41) is 7.99. The molecule has 7 heteroatoms. The largest absolute Gasteiger partial charge is 0.462 e. The van der Waals surface area contributed by atoms with E-state index in [0.29, 0.717) is 18.7 Å². The molecule has 0 saturated carbocycles. The molecule has 2 heterocycles. The van der Waals surface area contributed by atoms with E-state index in [9.17, 15) is 4.79 Å². The van der Waals surface area contributed by atoms with Crippen molar-refractivity contribution in [1.82, 2.24) is 10.3 Å². The highest BCUT2D eigenvalue weighted by Crippen LogP contribution is 2.35. The summed E-state index contributed by atoms with van der Waals surface area (Å²) in [4.78, 5) is 19.7. The number of ether oxygens (including phenoxy) is 1. The van der Waals surface area contributed by atoms with Gasteiger partial charge in [0.05, 0.1) is 41.3 Å². The molecule has 3 aromatic rings. The van der Waals surface area contributed by atoms with Gasteiger partial charge < -0.3 is 20.3 Å². The summed E-state index contributed by atoms with van der Waals surface area (Å²) in [7, 11) is 0. The predicted molar refractivity (Wildman–Crippen MR) is 124 cm³/mol. The second-order valence-electron chi connectivity index (χ2n) is 7.16. The Morgan fingerprint density at radius 2 is 2.00 bits per heavy atom. The summed E-state index contributed by atoms with van der Waals surface area (Å²) >= 11 is 3.56. The summed E-state index contributed by atoms with van der Waals surface area (Å²) in [6.45, 7) is 6.14. The Balaban J connectivity index is 1.67. The number of hydrogen-bond acceptors (Lipinski definition) is 6. The van der Waals surface area contributed by atoms with Crippen molar-refractivity contribution in [2.24, 2.45) is 0 Å². The number of rotatable bonds is 6. The molecule has 156 valence electrons. The zero-order valence-corrected chi connectivity index (χ0v) is 18.5. The zero-order valence-electron chi connectivity index (χ0n) is 17.0. The molecule has 1 fully saturated rings. The number of esters is 1. The lowest BCUT2D eigenvalue weighted by atomic mass is 10.1. The number of carbonyl (C=O) groups excluding carboxylic acids is 1. The Morgan fingerprint density at radius 3 is 2.80 bits per heavy atom. The molecule has 0 unspecified atom stereocenters. The maximum atomic E-state index is 12.7. The van der Waals surface area contributed by atoms with Crippen molar-refractivity contribution in [2.75, 3.05) is 43.0 Å². The lowest BCUT2D eigenvalue weighted by Crippen LogP contribution is -2.44. The van der Waals surface area contributed by atoms with Gasteiger partial charge in [-0.1, -0.05) is 40.2 Å². The number of piperazine rings is 1.